The molecule has 2 aromatic heterocycles. The first kappa shape index (κ1) is 37.1. The van der Waals surface area contributed by atoms with Crippen molar-refractivity contribution in [1.82, 2.24) is 0 Å². The minimum Gasteiger partial charge on any atom is -0.302 e. The molecule has 0 aliphatic heterocycles. The van der Waals surface area contributed by atoms with Gasteiger partial charge in [-0.2, -0.15) is 0 Å². The van der Waals surface area contributed by atoms with Gasteiger partial charge in [-0.3, -0.25) is 0 Å². The van der Waals surface area contributed by atoms with E-state index in [0.29, 0.717) is 0 Å². The second-order valence-electron chi connectivity index (χ2n) is 16.3. The lowest BCUT2D eigenvalue weighted by Crippen LogP contribution is -2.15. The van der Waals surface area contributed by atoms with Gasteiger partial charge in [-0.1, -0.05) is 154 Å². The van der Waals surface area contributed by atoms with E-state index in [0.717, 1.165) is 33.9 Å². The van der Waals surface area contributed by atoms with Crippen LogP contribution in [0.15, 0.2) is 195 Å². The molecule has 2 nitrogen and oxygen atoms in total. The Morgan fingerprint density at radius 3 is 1.66 bits per heavy atom. The maximum atomic E-state index is 4.01. The Morgan fingerprint density at radius 2 is 0.967 bits per heavy atom. The van der Waals surface area contributed by atoms with E-state index < -0.39 is 0 Å². The van der Waals surface area contributed by atoms with Gasteiger partial charge in [0, 0.05) is 37.3 Å². The molecule has 4 heteroatoms. The van der Waals surface area contributed by atoms with Crippen molar-refractivity contribution in [2.24, 2.45) is 0 Å². The molecular weight excluding hydrogens is 777 g/mol. The summed E-state index contributed by atoms with van der Waals surface area (Å²) in [5.74, 6) is 0. The lowest BCUT2D eigenvalue weighted by molar-refractivity contribution is 0.660. The summed E-state index contributed by atoms with van der Waals surface area (Å²) in [6, 6.07) is 67.0. The van der Waals surface area contributed by atoms with Crippen molar-refractivity contribution in [2.75, 3.05) is 9.80 Å². The zero-order valence-corrected chi connectivity index (χ0v) is 35.7. The summed E-state index contributed by atoms with van der Waals surface area (Å²) in [5, 5.41) is 7.28. The Labute approximate surface area is 365 Å². The molecule has 0 N–H and O–H groups in total. The first-order chi connectivity index (χ1) is 29.9. The number of nitrogens with zero attached hydrogens (tertiary/aromatic N) is 2. The highest BCUT2D eigenvalue weighted by Gasteiger charge is 2.35. The van der Waals surface area contributed by atoms with Crippen LogP contribution in [0.5, 0.6) is 0 Å². The van der Waals surface area contributed by atoms with E-state index in [-0.39, 0.29) is 5.41 Å². The van der Waals surface area contributed by atoms with E-state index >= 15 is 0 Å². The van der Waals surface area contributed by atoms with Crippen LogP contribution in [-0.4, -0.2) is 0 Å². The van der Waals surface area contributed by atoms with Crippen molar-refractivity contribution in [2.45, 2.75) is 19.3 Å². The van der Waals surface area contributed by atoms with Crippen LogP contribution in [0.2, 0.25) is 0 Å². The van der Waals surface area contributed by atoms with Crippen LogP contribution in [0.4, 0.5) is 32.8 Å². The summed E-state index contributed by atoms with van der Waals surface area (Å²) in [6.07, 6.45) is 3.79. The van der Waals surface area contributed by atoms with Gasteiger partial charge < -0.3 is 9.80 Å². The summed E-state index contributed by atoms with van der Waals surface area (Å²) in [6.45, 7) is 12.6. The molecule has 0 amide bonds. The molecule has 0 fully saturated rings. The van der Waals surface area contributed by atoms with Crippen molar-refractivity contribution in [3.05, 3.63) is 217 Å². The fourth-order valence-electron chi connectivity index (χ4n) is 9.18. The maximum Gasteiger partial charge on any atom is 0.101 e. The largest absolute Gasteiger partial charge is 0.302 e. The van der Waals surface area contributed by atoms with E-state index in [2.05, 4.69) is 219 Å². The van der Waals surface area contributed by atoms with Crippen molar-refractivity contribution in [3.8, 4) is 22.3 Å². The van der Waals surface area contributed by atoms with Crippen LogP contribution in [0.25, 0.3) is 65.4 Å². The van der Waals surface area contributed by atoms with Crippen molar-refractivity contribution in [3.63, 3.8) is 0 Å². The molecule has 1 aliphatic rings. The van der Waals surface area contributed by atoms with Crippen molar-refractivity contribution >= 4 is 98.5 Å². The average molecular weight is 819 g/mol. The SMILES string of the molecule is C=Cc1ccc(-c2ccc(N(c3cc4cc5sc(N(c6ccc(C=C)cc6)c6ccc7c(c6)-c6ccccc6C7(C)C)cc5cc4s3)c3cccc4ccccc34)cc2)cc1. The van der Waals surface area contributed by atoms with Gasteiger partial charge in [0.25, 0.3) is 0 Å². The quantitative estimate of drug-likeness (QED) is 0.143. The zero-order chi connectivity index (χ0) is 41.2. The molecule has 1 aliphatic carbocycles. The third-order valence-corrected chi connectivity index (χ3v) is 14.6. The fraction of sp³-hybridized carbons (Fsp3) is 0.0526. The lowest BCUT2D eigenvalue weighted by atomic mass is 9.82. The van der Waals surface area contributed by atoms with Crippen LogP contribution >= 0.6 is 22.7 Å². The standard InChI is InChI=1S/C57H42N2S2/c1-5-37-18-22-39(23-19-37)40-24-28-45(29-25-40)59(52-17-11-13-41-12-7-8-14-47(41)52)56-35-43-33-53-42(32-54(43)61-56)34-55(60-53)58(44-26-20-38(6-2)21-27-44)46-30-31-51-49(36-46)48-15-9-10-16-50(48)57(51,3)4/h5-36H,1-2H2,3-4H3. The van der Waals surface area contributed by atoms with Gasteiger partial charge >= 0.3 is 0 Å². The van der Waals surface area contributed by atoms with E-state index in [4.69, 9.17) is 0 Å². The zero-order valence-electron chi connectivity index (χ0n) is 34.1. The molecule has 11 rings (SSSR count). The molecule has 0 unspecified atom stereocenters. The molecule has 0 saturated carbocycles. The molecule has 61 heavy (non-hydrogen) atoms. The van der Waals surface area contributed by atoms with Gasteiger partial charge in [0.1, 0.15) is 10.0 Å². The predicted octanol–water partition coefficient (Wildman–Crippen LogP) is 17.5. The van der Waals surface area contributed by atoms with Crippen LogP contribution in [0.1, 0.15) is 36.1 Å². The molecule has 10 aromatic rings. The number of benzene rings is 8. The number of rotatable bonds is 9. The molecule has 0 saturated heterocycles. The fourth-order valence-corrected chi connectivity index (χ4v) is 11.4. The molecule has 0 spiro atoms. The monoisotopic (exact) mass is 818 g/mol. The van der Waals surface area contributed by atoms with E-state index in [9.17, 15) is 0 Å². The number of anilines is 6. The molecule has 0 radical (unpaired) electrons. The summed E-state index contributed by atoms with van der Waals surface area (Å²) in [5.41, 5.74) is 14.5. The van der Waals surface area contributed by atoms with Gasteiger partial charge in [0.15, 0.2) is 0 Å². The minimum absolute atomic E-state index is 0.0475. The van der Waals surface area contributed by atoms with Crippen LogP contribution in [-0.2, 0) is 5.41 Å². The van der Waals surface area contributed by atoms with E-state index in [1.165, 1.54) is 74.3 Å². The van der Waals surface area contributed by atoms with Gasteiger partial charge in [-0.15, -0.1) is 22.7 Å². The third kappa shape index (κ3) is 6.30. The second-order valence-corrected chi connectivity index (χ2v) is 18.5. The highest BCUT2D eigenvalue weighted by atomic mass is 32.1. The van der Waals surface area contributed by atoms with E-state index in [1.54, 1.807) is 0 Å². The maximum absolute atomic E-state index is 4.01. The van der Waals surface area contributed by atoms with Gasteiger partial charge in [-0.05, 0) is 127 Å². The third-order valence-electron chi connectivity index (χ3n) is 12.4. The summed E-state index contributed by atoms with van der Waals surface area (Å²) in [4.78, 5) is 4.85. The number of fused-ring (bicyclic) bond motifs is 6. The summed E-state index contributed by atoms with van der Waals surface area (Å²) >= 11 is 3.69. The Morgan fingerprint density at radius 1 is 0.443 bits per heavy atom. The van der Waals surface area contributed by atoms with Gasteiger partial charge in [-0.25, -0.2) is 0 Å². The highest BCUT2D eigenvalue weighted by molar-refractivity contribution is 7.24. The molecular formula is C57H42N2S2. The van der Waals surface area contributed by atoms with Crippen LogP contribution in [0, 0.1) is 0 Å². The summed E-state index contributed by atoms with van der Waals surface area (Å²) < 4.78 is 2.52. The number of thiophene rings is 2. The normalized spacial score (nSPS) is 12.7. The average Bonchev–Trinajstić information content (AvgIpc) is 3.97. The van der Waals surface area contributed by atoms with Crippen molar-refractivity contribution in [1.29, 1.82) is 0 Å². The topological polar surface area (TPSA) is 6.48 Å². The summed E-state index contributed by atoms with van der Waals surface area (Å²) in [7, 11) is 0. The lowest BCUT2D eigenvalue weighted by Gasteiger charge is -2.26. The Kier molecular flexibility index (Phi) is 8.89. The van der Waals surface area contributed by atoms with Gasteiger partial charge in [0.05, 0.1) is 5.69 Å². The first-order valence-electron chi connectivity index (χ1n) is 20.7. The van der Waals surface area contributed by atoms with Gasteiger partial charge in [0.2, 0.25) is 0 Å². The van der Waals surface area contributed by atoms with Crippen LogP contribution in [0.3, 0.4) is 0 Å². The minimum atomic E-state index is -0.0475. The highest BCUT2D eigenvalue weighted by Crippen LogP contribution is 2.52. The van der Waals surface area contributed by atoms with E-state index in [1.807, 2.05) is 34.8 Å². The molecule has 2 heterocycles. The predicted molar refractivity (Wildman–Crippen MR) is 267 cm³/mol. The number of hydrogen-bond acceptors (Lipinski definition) is 4. The molecule has 0 atom stereocenters. The number of hydrogen-bond donors (Lipinski definition) is 0. The Balaban J connectivity index is 1.02. The Bertz CT molecular complexity index is 3250. The van der Waals surface area contributed by atoms with Crippen molar-refractivity contribution < 1.29 is 0 Å². The Hall–Kier alpha value is -6.98. The smallest absolute Gasteiger partial charge is 0.101 e. The van der Waals surface area contributed by atoms with Crippen LogP contribution < -0.4 is 9.80 Å². The molecule has 8 aromatic carbocycles. The molecule has 0 bridgehead atoms. The first-order valence-corrected chi connectivity index (χ1v) is 22.3. The second kappa shape index (κ2) is 14.6. The molecule has 292 valence electrons.